The zero-order valence-corrected chi connectivity index (χ0v) is 18.5. The number of para-hydroxylation sites is 1. The van der Waals surface area contributed by atoms with Crippen LogP contribution in [0.3, 0.4) is 0 Å². The van der Waals surface area contributed by atoms with E-state index in [0.717, 1.165) is 10.5 Å². The van der Waals surface area contributed by atoms with Crippen molar-refractivity contribution in [3.63, 3.8) is 0 Å². The summed E-state index contributed by atoms with van der Waals surface area (Å²) in [6.07, 6.45) is -0.0851. The number of fused-ring (bicyclic) bond motifs is 1. The molecule has 0 bridgehead atoms. The number of anilines is 2. The van der Waals surface area contributed by atoms with Crippen molar-refractivity contribution in [2.24, 2.45) is 0 Å². The molecule has 0 saturated heterocycles. The lowest BCUT2D eigenvalue weighted by molar-refractivity contribution is -0.143. The molecule has 1 aliphatic heterocycles. The molecule has 6 nitrogen and oxygen atoms in total. The fourth-order valence-electron chi connectivity index (χ4n) is 3.64. The fraction of sp³-hybridized carbons (Fsp3) is 0.160. The Hall–Kier alpha value is -3.71. The molecule has 1 heterocycles. The zero-order valence-electron chi connectivity index (χ0n) is 17.7. The normalized spacial score (nSPS) is 12.6. The third-order valence-electron chi connectivity index (χ3n) is 5.27. The van der Waals surface area contributed by atoms with E-state index in [-0.39, 0.29) is 30.3 Å². The predicted octanol–water partition coefficient (Wildman–Crippen LogP) is 4.91. The van der Waals surface area contributed by atoms with Gasteiger partial charge in [-0.25, -0.2) is 4.39 Å². The van der Waals surface area contributed by atoms with Gasteiger partial charge in [0.05, 0.1) is 34.8 Å². The average Bonchev–Trinajstić information content (AvgIpc) is 3.03. The number of nitrogens with one attached hydrogen (secondary N) is 1. The molecule has 2 amide bonds. The summed E-state index contributed by atoms with van der Waals surface area (Å²) in [7, 11) is 0. The molecule has 0 unspecified atom stereocenters. The maximum absolute atomic E-state index is 14.2. The highest BCUT2D eigenvalue weighted by atomic mass is 35.5. The highest BCUT2D eigenvalue weighted by molar-refractivity contribution is 6.33. The molecule has 3 aromatic rings. The van der Waals surface area contributed by atoms with Gasteiger partial charge < -0.3 is 10.1 Å². The van der Waals surface area contributed by atoms with E-state index in [2.05, 4.69) is 5.32 Å². The molecule has 3 aromatic carbocycles. The van der Waals surface area contributed by atoms with E-state index in [9.17, 15) is 18.8 Å². The largest absolute Gasteiger partial charge is 0.464 e. The summed E-state index contributed by atoms with van der Waals surface area (Å²) in [5, 5.41) is 3.16. The van der Waals surface area contributed by atoms with E-state index in [1.807, 2.05) is 13.0 Å². The Kier molecular flexibility index (Phi) is 6.42. The smallest absolute Gasteiger partial charge is 0.310 e. The number of rotatable bonds is 7. The first-order valence-electron chi connectivity index (χ1n) is 10.3. The van der Waals surface area contributed by atoms with Crippen LogP contribution in [0.4, 0.5) is 15.8 Å². The monoisotopic (exact) mass is 466 g/mol. The van der Waals surface area contributed by atoms with E-state index in [1.165, 1.54) is 12.1 Å². The predicted molar refractivity (Wildman–Crippen MR) is 122 cm³/mol. The summed E-state index contributed by atoms with van der Waals surface area (Å²) in [6, 6.07) is 16.3. The van der Waals surface area contributed by atoms with Crippen molar-refractivity contribution < 1.29 is 23.5 Å². The summed E-state index contributed by atoms with van der Waals surface area (Å²) < 4.78 is 19.5. The SMILES string of the molecule is Cc1ccc(Nc2c(F)cccc2Cl)c(CC(=O)OCCN2C(=O)c3ccccc3C2=O)c1. The third-order valence-corrected chi connectivity index (χ3v) is 5.59. The fourth-order valence-corrected chi connectivity index (χ4v) is 3.85. The van der Waals surface area contributed by atoms with Gasteiger partial charge in [0.1, 0.15) is 12.4 Å². The van der Waals surface area contributed by atoms with E-state index in [1.54, 1.807) is 42.5 Å². The Labute approximate surface area is 194 Å². The molecular weight excluding hydrogens is 447 g/mol. The number of hydrogen-bond donors (Lipinski definition) is 1. The van der Waals surface area contributed by atoms with Gasteiger partial charge in [0.15, 0.2) is 0 Å². The van der Waals surface area contributed by atoms with Crippen molar-refractivity contribution in [1.29, 1.82) is 0 Å². The number of hydrogen-bond acceptors (Lipinski definition) is 5. The Morgan fingerprint density at radius 1 is 1.03 bits per heavy atom. The Balaban J connectivity index is 1.40. The van der Waals surface area contributed by atoms with Crippen LogP contribution in [0.25, 0.3) is 0 Å². The van der Waals surface area contributed by atoms with E-state index in [4.69, 9.17) is 16.3 Å². The maximum atomic E-state index is 14.2. The highest BCUT2D eigenvalue weighted by Gasteiger charge is 2.34. The van der Waals surface area contributed by atoms with Gasteiger partial charge in [-0.05, 0) is 42.8 Å². The lowest BCUT2D eigenvalue weighted by Crippen LogP contribution is -2.33. The van der Waals surface area contributed by atoms with Crippen molar-refractivity contribution >= 4 is 40.8 Å². The molecule has 0 saturated carbocycles. The third kappa shape index (κ3) is 4.73. The van der Waals surface area contributed by atoms with Crippen LogP contribution in [0.1, 0.15) is 31.8 Å². The molecule has 1 N–H and O–H groups in total. The number of carbonyl (C=O) groups excluding carboxylic acids is 3. The highest BCUT2D eigenvalue weighted by Crippen LogP contribution is 2.30. The minimum atomic E-state index is -0.542. The first-order chi connectivity index (χ1) is 15.8. The molecule has 0 aliphatic carbocycles. The second-order valence-electron chi connectivity index (χ2n) is 7.59. The van der Waals surface area contributed by atoms with Gasteiger partial charge in [0.25, 0.3) is 11.8 Å². The number of imide groups is 1. The van der Waals surface area contributed by atoms with Gasteiger partial charge >= 0.3 is 5.97 Å². The molecule has 33 heavy (non-hydrogen) atoms. The number of carbonyl (C=O) groups is 3. The summed E-state index contributed by atoms with van der Waals surface area (Å²) in [5.74, 6) is -1.87. The molecule has 8 heteroatoms. The van der Waals surface area contributed by atoms with Crippen molar-refractivity contribution in [1.82, 2.24) is 4.90 Å². The van der Waals surface area contributed by atoms with Crippen molar-refractivity contribution in [2.45, 2.75) is 13.3 Å². The minimum Gasteiger partial charge on any atom is -0.464 e. The second kappa shape index (κ2) is 9.42. The number of amides is 2. The number of nitrogens with zero attached hydrogens (tertiary/aromatic N) is 1. The topological polar surface area (TPSA) is 75.7 Å². The van der Waals surface area contributed by atoms with Gasteiger partial charge in [0, 0.05) is 5.69 Å². The second-order valence-corrected chi connectivity index (χ2v) is 7.99. The zero-order chi connectivity index (χ0) is 23.5. The summed E-state index contributed by atoms with van der Waals surface area (Å²) in [6.45, 7) is 1.71. The molecule has 0 aromatic heterocycles. The summed E-state index contributed by atoms with van der Waals surface area (Å²) in [4.78, 5) is 38.3. The quantitative estimate of drug-likeness (QED) is 0.395. The van der Waals surface area contributed by atoms with Crippen LogP contribution in [0.15, 0.2) is 60.7 Å². The van der Waals surface area contributed by atoms with Crippen LogP contribution in [0, 0.1) is 12.7 Å². The van der Waals surface area contributed by atoms with Crippen LogP contribution >= 0.6 is 11.6 Å². The van der Waals surface area contributed by atoms with Crippen LogP contribution in [-0.2, 0) is 16.0 Å². The first-order valence-corrected chi connectivity index (χ1v) is 10.6. The lowest BCUT2D eigenvalue weighted by atomic mass is 10.1. The van der Waals surface area contributed by atoms with E-state index in [0.29, 0.717) is 22.4 Å². The number of aryl methyl sites for hydroxylation is 1. The molecular formula is C25H20ClFN2O4. The number of halogens is 2. The van der Waals surface area contributed by atoms with Crippen molar-refractivity contribution in [3.05, 3.63) is 93.8 Å². The van der Waals surface area contributed by atoms with Gasteiger partial charge in [-0.1, -0.05) is 47.5 Å². The van der Waals surface area contributed by atoms with Crippen LogP contribution in [-0.4, -0.2) is 35.8 Å². The summed E-state index contributed by atoms with van der Waals surface area (Å²) >= 11 is 6.10. The van der Waals surface area contributed by atoms with Crippen LogP contribution < -0.4 is 5.32 Å². The molecule has 0 atom stereocenters. The van der Waals surface area contributed by atoms with Crippen LogP contribution in [0.2, 0.25) is 5.02 Å². The van der Waals surface area contributed by atoms with Crippen molar-refractivity contribution in [2.75, 3.05) is 18.5 Å². The minimum absolute atomic E-state index is 0.0398. The molecule has 0 radical (unpaired) electrons. The van der Waals surface area contributed by atoms with E-state index < -0.39 is 23.6 Å². The lowest BCUT2D eigenvalue weighted by Gasteiger charge is -2.16. The Morgan fingerprint density at radius 3 is 2.39 bits per heavy atom. The van der Waals surface area contributed by atoms with Gasteiger partial charge in [-0.3, -0.25) is 19.3 Å². The standard InChI is InChI=1S/C25H20ClFN2O4/c1-15-9-10-21(28-23-19(26)7-4-8-20(23)27)16(13-15)14-22(30)33-12-11-29-24(31)17-5-2-3-6-18(17)25(29)32/h2-10,13,28H,11-12,14H2,1H3. The molecule has 1 aliphatic rings. The molecule has 4 rings (SSSR count). The number of esters is 1. The molecule has 0 fully saturated rings. The Morgan fingerprint density at radius 2 is 1.73 bits per heavy atom. The number of ether oxygens (including phenoxy) is 1. The van der Waals surface area contributed by atoms with Gasteiger partial charge in [-0.15, -0.1) is 0 Å². The summed E-state index contributed by atoms with van der Waals surface area (Å²) in [5.41, 5.74) is 2.83. The van der Waals surface area contributed by atoms with Crippen molar-refractivity contribution in [3.8, 4) is 0 Å². The van der Waals surface area contributed by atoms with Gasteiger partial charge in [0.2, 0.25) is 0 Å². The van der Waals surface area contributed by atoms with Gasteiger partial charge in [-0.2, -0.15) is 0 Å². The average molecular weight is 467 g/mol. The first kappa shape index (κ1) is 22.5. The number of benzene rings is 3. The molecule has 0 spiro atoms. The van der Waals surface area contributed by atoms with E-state index >= 15 is 0 Å². The Bertz CT molecular complexity index is 1210. The maximum Gasteiger partial charge on any atom is 0.310 e. The molecule has 168 valence electrons. The van der Waals surface area contributed by atoms with Crippen LogP contribution in [0.5, 0.6) is 0 Å².